The maximum absolute atomic E-state index is 14.8. The fraction of sp³-hybridized carbons (Fsp3) is 0.508. The van der Waals surface area contributed by atoms with Crippen LogP contribution in [0.2, 0.25) is 0 Å². The Labute approximate surface area is 576 Å². The summed E-state index contributed by atoms with van der Waals surface area (Å²) in [7, 11) is 0. The van der Waals surface area contributed by atoms with Crippen LogP contribution in [-0.4, -0.2) is 198 Å². The van der Waals surface area contributed by atoms with Crippen LogP contribution in [-0.2, 0) is 85.5 Å². The number of carbonyl (C=O) groups excluding carboxylic acids is 8. The number of imide groups is 2. The van der Waals surface area contributed by atoms with Crippen LogP contribution >= 0.6 is 11.8 Å². The first kappa shape index (κ1) is 80.6. The Morgan fingerprint density at radius 2 is 0.864 bits per heavy atom. The Bertz CT molecular complexity index is 3690. The highest BCUT2D eigenvalue weighted by molar-refractivity contribution is 7.99. The van der Waals surface area contributed by atoms with Gasteiger partial charge in [-0.25, -0.2) is 0 Å². The quantitative estimate of drug-likeness (QED) is 0.0145. The molecule has 103 heavy (non-hydrogen) atoms. The Balaban J connectivity index is 1.02. The number of hydrogen-bond donors (Lipinski definition) is 0. The maximum atomic E-state index is 14.8. The first-order valence-corrected chi connectivity index (χ1v) is 31.8. The molecule has 0 spiro atoms. The van der Waals surface area contributed by atoms with Crippen molar-refractivity contribution in [2.45, 2.75) is 174 Å². The lowest BCUT2D eigenvalue weighted by Crippen LogP contribution is -2.74. The fourth-order valence-electron chi connectivity index (χ4n) is 11.5. The van der Waals surface area contributed by atoms with Crippen molar-refractivity contribution >= 4 is 59.3 Å². The Morgan fingerprint density at radius 1 is 0.437 bits per heavy atom. The van der Waals surface area contributed by atoms with E-state index in [4.69, 9.17) is 47.4 Å². The minimum Gasteiger partial charge on any atom is -0.463 e. The summed E-state index contributed by atoms with van der Waals surface area (Å²) >= 11 is 0.950. The predicted molar refractivity (Wildman–Crippen MR) is 316 cm³/mol. The number of hydrogen-bond acceptors (Lipinski definition) is 19. The standard InChI is InChI=1S/C65H61F17N2O18S/c1-33(85)96-31-45-48(97-34(2)86)50(98-35(3)87)46(83-52(89)40-19-8-9-20-41(40)53(83)90)56(100-45)102-49-44(30-95-28-37-15-6-5-7-16-37)101-57(47(51(49)99-36(4)88)84-54(91)42-21-10-11-22-43(42)55(84)92)103-32-39-18-12-17-38(27-39)29-94-26-14-25-93-24-13-23-58(66,67)59(68,69)60(70,71)61(72,73)62(74,75)63(76,77)64(78,79)65(80,81)82/h5-12,15-22,27,44-51,56-57H,13-14,23-26,28-32H2,1-4H3/t44-,45-,46-,47-,48+,49-,50-,51-,56+,57+/m1/s1. The number of alkyl halides is 17. The van der Waals surface area contributed by atoms with Crippen LogP contribution in [0.25, 0.3) is 0 Å². The lowest BCUT2D eigenvalue weighted by atomic mass is 9.88. The van der Waals surface area contributed by atoms with Gasteiger partial charge in [-0.05, 0) is 53.8 Å². The Hall–Kier alpha value is -8.04. The number of amides is 4. The molecule has 8 rings (SSSR count). The van der Waals surface area contributed by atoms with E-state index in [0.29, 0.717) is 21.6 Å². The van der Waals surface area contributed by atoms with Crippen LogP contribution < -0.4 is 0 Å². The van der Waals surface area contributed by atoms with E-state index >= 15 is 0 Å². The van der Waals surface area contributed by atoms with Gasteiger partial charge in [-0.3, -0.25) is 48.2 Å². The van der Waals surface area contributed by atoms with Gasteiger partial charge in [0.15, 0.2) is 24.6 Å². The Morgan fingerprint density at radius 3 is 1.38 bits per heavy atom. The molecule has 4 aromatic rings. The number of carbonyl (C=O) groups is 8. The molecule has 2 saturated heterocycles. The molecule has 0 N–H and O–H groups in total. The summed E-state index contributed by atoms with van der Waals surface area (Å²) in [5.41, 5.74) is -0.355. The molecule has 564 valence electrons. The summed E-state index contributed by atoms with van der Waals surface area (Å²) in [4.78, 5) is 113. The molecule has 0 unspecified atom stereocenters. The largest absolute Gasteiger partial charge is 0.463 e. The van der Waals surface area contributed by atoms with Crippen LogP contribution in [0.1, 0.15) is 105 Å². The van der Waals surface area contributed by atoms with Gasteiger partial charge in [0, 0.05) is 59.7 Å². The molecule has 4 aromatic carbocycles. The smallest absolute Gasteiger partial charge is 0.460 e. The van der Waals surface area contributed by atoms with Gasteiger partial charge < -0.3 is 47.4 Å². The summed E-state index contributed by atoms with van der Waals surface area (Å²) in [5, 5.41) is 0. The van der Waals surface area contributed by atoms with Crippen molar-refractivity contribution in [1.82, 2.24) is 9.80 Å². The maximum Gasteiger partial charge on any atom is 0.460 e. The van der Waals surface area contributed by atoms with Crippen molar-refractivity contribution in [1.29, 1.82) is 0 Å². The number of ether oxygens (including phenoxy) is 10. The number of halogens is 17. The number of rotatable bonds is 32. The third-order valence-corrected chi connectivity index (χ3v) is 17.6. The molecule has 4 aliphatic heterocycles. The Kier molecular flexibility index (Phi) is 24.8. The van der Waals surface area contributed by atoms with Crippen molar-refractivity contribution < 1.29 is 160 Å². The van der Waals surface area contributed by atoms with E-state index in [2.05, 4.69) is 0 Å². The molecule has 0 radical (unpaired) electrons. The van der Waals surface area contributed by atoms with Gasteiger partial charge in [0.1, 0.15) is 42.4 Å². The second-order valence-corrected chi connectivity index (χ2v) is 24.7. The molecule has 4 aliphatic rings. The van der Waals surface area contributed by atoms with E-state index in [-0.39, 0.29) is 54.2 Å². The van der Waals surface area contributed by atoms with Crippen molar-refractivity contribution in [2.75, 3.05) is 33.0 Å². The molecule has 0 aliphatic carbocycles. The predicted octanol–water partition coefficient (Wildman–Crippen LogP) is 11.4. The normalized spacial score (nSPS) is 23.0. The summed E-state index contributed by atoms with van der Waals surface area (Å²) in [6.45, 7) is 0.508. The molecule has 0 saturated carbocycles. The average Bonchev–Trinajstić information content (AvgIpc) is 1.49. The molecule has 0 aromatic heterocycles. The van der Waals surface area contributed by atoms with Gasteiger partial charge in [0.2, 0.25) is 0 Å². The van der Waals surface area contributed by atoms with E-state index in [1.807, 2.05) is 0 Å². The van der Waals surface area contributed by atoms with E-state index in [0.717, 1.165) is 44.4 Å². The molecule has 4 amide bonds. The van der Waals surface area contributed by atoms with Crippen LogP contribution in [0.4, 0.5) is 74.6 Å². The number of fused-ring (bicyclic) bond motifs is 2. The van der Waals surface area contributed by atoms with Crippen molar-refractivity contribution in [3.05, 3.63) is 142 Å². The van der Waals surface area contributed by atoms with Crippen LogP contribution in [0.5, 0.6) is 0 Å². The first-order chi connectivity index (χ1) is 48.0. The van der Waals surface area contributed by atoms with Gasteiger partial charge in [-0.15, -0.1) is 11.8 Å². The topological polar surface area (TPSA) is 235 Å². The zero-order valence-electron chi connectivity index (χ0n) is 53.9. The van der Waals surface area contributed by atoms with Gasteiger partial charge in [-0.1, -0.05) is 78.9 Å². The number of benzene rings is 4. The monoisotopic (exact) mass is 1510 g/mol. The van der Waals surface area contributed by atoms with Crippen molar-refractivity contribution in [3.63, 3.8) is 0 Å². The van der Waals surface area contributed by atoms with Gasteiger partial charge in [0.05, 0.1) is 42.1 Å². The van der Waals surface area contributed by atoms with E-state index in [1.54, 1.807) is 54.6 Å². The van der Waals surface area contributed by atoms with Crippen LogP contribution in [0.3, 0.4) is 0 Å². The highest BCUT2D eigenvalue weighted by Gasteiger charge is 2.95. The zero-order chi connectivity index (χ0) is 76.2. The van der Waals surface area contributed by atoms with Crippen molar-refractivity contribution in [2.24, 2.45) is 0 Å². The second-order valence-electron chi connectivity index (χ2n) is 23.6. The highest BCUT2D eigenvalue weighted by Crippen LogP contribution is 2.64. The lowest BCUT2D eigenvalue weighted by molar-refractivity contribution is -0.461. The molecule has 20 nitrogen and oxygen atoms in total. The van der Waals surface area contributed by atoms with Gasteiger partial charge in [0.25, 0.3) is 23.6 Å². The van der Waals surface area contributed by atoms with Crippen LogP contribution in [0.15, 0.2) is 103 Å². The van der Waals surface area contributed by atoms with Crippen LogP contribution in [0, 0.1) is 0 Å². The number of esters is 4. The number of nitrogens with zero attached hydrogens (tertiary/aromatic N) is 2. The van der Waals surface area contributed by atoms with Crippen molar-refractivity contribution in [3.8, 4) is 0 Å². The summed E-state index contributed by atoms with van der Waals surface area (Å²) in [5.74, 6) is -64.9. The fourth-order valence-corrected chi connectivity index (χ4v) is 12.7. The number of thioether (sulfide) groups is 1. The van der Waals surface area contributed by atoms with Gasteiger partial charge >= 0.3 is 71.5 Å². The molecule has 0 bridgehead atoms. The minimum atomic E-state index is -8.74. The average molecular weight is 1510 g/mol. The molecule has 2 fully saturated rings. The third kappa shape index (κ3) is 16.4. The molecule has 38 heteroatoms. The summed E-state index contributed by atoms with van der Waals surface area (Å²) in [6, 6.07) is 22.5. The van der Waals surface area contributed by atoms with Gasteiger partial charge in [-0.2, -0.15) is 74.6 Å². The molecule has 4 heterocycles. The van der Waals surface area contributed by atoms with E-state index in [9.17, 15) is 113 Å². The summed E-state index contributed by atoms with van der Waals surface area (Å²) in [6.07, 6.45) is -24.9. The summed E-state index contributed by atoms with van der Waals surface area (Å²) < 4.78 is 293. The third-order valence-electron chi connectivity index (χ3n) is 16.3. The zero-order valence-corrected chi connectivity index (χ0v) is 54.8. The lowest BCUT2D eigenvalue weighted by Gasteiger charge is -2.51. The highest BCUT2D eigenvalue weighted by atomic mass is 32.2. The minimum absolute atomic E-state index is 0.0801. The SMILES string of the molecule is CC(=O)OC[C@H]1O[C@@H](O[C@H]2[C@H](OC(C)=O)[C@@H](N3C(=O)c4ccccc4C3=O)[C@H](SCc3cccc(COCCCOCCCC(F)(F)C(F)(F)C(F)(F)C(F)(F)C(F)(F)C(F)(F)C(F)(F)C(F)(F)F)c3)O[C@@H]2COCc2ccccc2)[C@H](N2C(=O)c3ccccc3C2=O)[C@@H](OC(C)=O)[C@H]1OC(C)=O. The first-order valence-electron chi connectivity index (χ1n) is 30.8. The molecule has 10 atom stereocenters. The van der Waals surface area contributed by atoms with E-state index in [1.165, 1.54) is 48.5 Å². The molecular formula is C65H61F17N2O18S. The second kappa shape index (κ2) is 31.7. The van der Waals surface area contributed by atoms with E-state index < -0.39 is 195 Å². The molecular weight excluding hydrogens is 1450 g/mol.